The summed E-state index contributed by atoms with van der Waals surface area (Å²) in [6.07, 6.45) is 4.62. The molecule has 0 aliphatic carbocycles. The van der Waals surface area contributed by atoms with Gasteiger partial charge in [0.05, 0.1) is 12.1 Å². The molecule has 0 aliphatic heterocycles. The van der Waals surface area contributed by atoms with Crippen molar-refractivity contribution < 1.29 is 4.79 Å². The minimum absolute atomic E-state index is 0.118. The lowest BCUT2D eigenvalue weighted by Crippen LogP contribution is -2.14. The summed E-state index contributed by atoms with van der Waals surface area (Å²) in [5, 5.41) is 15.4. The molecule has 0 unspecified atom stereocenters. The van der Waals surface area contributed by atoms with Gasteiger partial charge in [-0.25, -0.2) is 4.98 Å². The highest BCUT2D eigenvalue weighted by molar-refractivity contribution is 9.10. The minimum atomic E-state index is -0.118. The van der Waals surface area contributed by atoms with Crippen molar-refractivity contribution >= 4 is 49.6 Å². The molecule has 0 spiro atoms. The fourth-order valence-electron chi connectivity index (χ4n) is 2.40. The van der Waals surface area contributed by atoms with E-state index >= 15 is 0 Å². The summed E-state index contributed by atoms with van der Waals surface area (Å²) < 4.78 is 1.01. The van der Waals surface area contributed by atoms with Crippen molar-refractivity contribution in [1.82, 2.24) is 15.2 Å². The second-order valence-corrected chi connectivity index (χ2v) is 8.67. The highest BCUT2D eigenvalue weighted by Gasteiger charge is 2.12. The Morgan fingerprint density at radius 2 is 2.15 bits per heavy atom. The summed E-state index contributed by atoms with van der Waals surface area (Å²) in [5.41, 5.74) is 1.80. The van der Waals surface area contributed by atoms with Gasteiger partial charge in [-0.15, -0.1) is 21.5 Å². The third-order valence-corrected chi connectivity index (χ3v) is 6.00. The predicted octanol–water partition coefficient (Wildman–Crippen LogP) is 5.34. The number of thiazole rings is 1. The van der Waals surface area contributed by atoms with Crippen LogP contribution in [0.2, 0.25) is 0 Å². The van der Waals surface area contributed by atoms with Crippen molar-refractivity contribution in [3.05, 3.63) is 44.8 Å². The van der Waals surface area contributed by atoms with Gasteiger partial charge >= 0.3 is 0 Å². The summed E-state index contributed by atoms with van der Waals surface area (Å²) in [5.74, 6) is -0.118. The average molecular weight is 451 g/mol. The summed E-state index contributed by atoms with van der Waals surface area (Å²) in [6.45, 7) is 2.17. The Kier molecular flexibility index (Phi) is 6.87. The molecule has 0 aliphatic rings. The third-order valence-electron chi connectivity index (χ3n) is 3.67. The van der Waals surface area contributed by atoms with Crippen molar-refractivity contribution in [2.24, 2.45) is 0 Å². The van der Waals surface area contributed by atoms with Gasteiger partial charge in [-0.1, -0.05) is 59.2 Å². The second kappa shape index (κ2) is 9.34. The molecule has 5 nitrogen and oxygen atoms in total. The highest BCUT2D eigenvalue weighted by Crippen LogP contribution is 2.26. The first-order valence-corrected chi connectivity index (χ1v) is 11.0. The lowest BCUT2D eigenvalue weighted by molar-refractivity contribution is -0.115. The van der Waals surface area contributed by atoms with Crippen LogP contribution < -0.4 is 5.32 Å². The number of aryl methyl sites for hydroxylation is 1. The number of nitrogens with zero attached hydrogens (tertiary/aromatic N) is 3. The number of nitrogens with one attached hydrogen (secondary N) is 1. The van der Waals surface area contributed by atoms with Crippen molar-refractivity contribution in [3.63, 3.8) is 0 Å². The topological polar surface area (TPSA) is 67.8 Å². The first kappa shape index (κ1) is 19.1. The minimum Gasteiger partial charge on any atom is -0.300 e. The number of halogens is 1. The van der Waals surface area contributed by atoms with Crippen LogP contribution in [0.4, 0.5) is 5.13 Å². The zero-order valence-corrected chi connectivity index (χ0v) is 17.6. The van der Waals surface area contributed by atoms with Crippen LogP contribution in [0, 0.1) is 0 Å². The maximum Gasteiger partial charge on any atom is 0.232 e. The number of benzene rings is 1. The molecule has 3 rings (SSSR count). The molecular formula is C18H19BrN4OS2. The molecule has 2 aromatic heterocycles. The Hall–Kier alpha value is -1.64. The monoisotopic (exact) mass is 450 g/mol. The number of carbonyl (C=O) groups excluding carboxylic acids is 1. The molecule has 0 atom stereocenters. The quantitative estimate of drug-likeness (QED) is 0.470. The molecular weight excluding hydrogens is 432 g/mol. The van der Waals surface area contributed by atoms with Crippen molar-refractivity contribution in [3.8, 4) is 10.6 Å². The van der Waals surface area contributed by atoms with Crippen molar-refractivity contribution in [2.75, 3.05) is 5.32 Å². The predicted molar refractivity (Wildman–Crippen MR) is 111 cm³/mol. The number of carbonyl (C=O) groups is 1. The molecule has 136 valence electrons. The van der Waals surface area contributed by atoms with E-state index in [9.17, 15) is 4.79 Å². The van der Waals surface area contributed by atoms with E-state index in [0.29, 0.717) is 5.13 Å². The van der Waals surface area contributed by atoms with E-state index in [1.54, 1.807) is 0 Å². The summed E-state index contributed by atoms with van der Waals surface area (Å²) in [4.78, 5) is 16.8. The van der Waals surface area contributed by atoms with Crippen LogP contribution in [0.3, 0.4) is 0 Å². The van der Waals surface area contributed by atoms with Crippen LogP contribution in [0.25, 0.3) is 10.6 Å². The average Bonchev–Trinajstić information content (AvgIpc) is 3.25. The zero-order chi connectivity index (χ0) is 18.4. The molecule has 26 heavy (non-hydrogen) atoms. The van der Waals surface area contributed by atoms with Gasteiger partial charge in [0.25, 0.3) is 0 Å². The van der Waals surface area contributed by atoms with Crippen molar-refractivity contribution in [2.45, 2.75) is 39.0 Å². The van der Waals surface area contributed by atoms with Gasteiger partial charge in [0, 0.05) is 21.8 Å². The lowest BCUT2D eigenvalue weighted by atomic mass is 10.2. The van der Waals surface area contributed by atoms with E-state index in [0.717, 1.165) is 38.6 Å². The van der Waals surface area contributed by atoms with Gasteiger partial charge in [-0.3, -0.25) is 4.79 Å². The molecule has 1 amide bonds. The first-order valence-electron chi connectivity index (χ1n) is 8.46. The molecule has 0 radical (unpaired) electrons. The van der Waals surface area contributed by atoms with E-state index in [1.807, 2.05) is 29.6 Å². The van der Waals surface area contributed by atoms with Crippen LogP contribution in [0.5, 0.6) is 0 Å². The third kappa shape index (κ3) is 5.43. The normalized spacial score (nSPS) is 10.8. The summed E-state index contributed by atoms with van der Waals surface area (Å²) in [7, 11) is 0. The smallest absolute Gasteiger partial charge is 0.232 e. The van der Waals surface area contributed by atoms with E-state index < -0.39 is 0 Å². The van der Waals surface area contributed by atoms with Gasteiger partial charge in [-0.2, -0.15) is 0 Å². The number of hydrogen-bond acceptors (Lipinski definition) is 6. The number of aromatic nitrogens is 3. The molecule has 0 fully saturated rings. The van der Waals surface area contributed by atoms with E-state index in [2.05, 4.69) is 43.4 Å². The van der Waals surface area contributed by atoms with Crippen LogP contribution in [-0.4, -0.2) is 21.1 Å². The van der Waals surface area contributed by atoms with Crippen molar-refractivity contribution in [1.29, 1.82) is 0 Å². The van der Waals surface area contributed by atoms with Gasteiger partial charge in [0.1, 0.15) is 10.0 Å². The van der Waals surface area contributed by atoms with Gasteiger partial charge in [-0.05, 0) is 18.6 Å². The molecule has 0 bridgehead atoms. The first-order chi connectivity index (χ1) is 12.6. The van der Waals surface area contributed by atoms with E-state index in [1.165, 1.54) is 35.5 Å². The Balaban J connectivity index is 1.55. The Bertz CT molecular complexity index is 877. The molecule has 0 saturated heterocycles. The van der Waals surface area contributed by atoms with E-state index in [-0.39, 0.29) is 12.3 Å². The summed E-state index contributed by atoms with van der Waals surface area (Å²) >= 11 is 6.45. The largest absolute Gasteiger partial charge is 0.300 e. The highest BCUT2D eigenvalue weighted by atomic mass is 79.9. The van der Waals surface area contributed by atoms with Crippen LogP contribution in [0.1, 0.15) is 36.9 Å². The van der Waals surface area contributed by atoms with Gasteiger partial charge < -0.3 is 5.32 Å². The standard InChI is InChI=1S/C18H19BrN4OS2/c1-2-3-4-8-16-22-23-18(26-16)21-15(24)10-14-11-25-17(20-14)12-6-5-7-13(19)9-12/h5-7,9,11H,2-4,8,10H2,1H3,(H,21,23,24). The zero-order valence-electron chi connectivity index (χ0n) is 14.4. The number of rotatable bonds is 8. The Labute approximate surface area is 169 Å². The van der Waals surface area contributed by atoms with Crippen LogP contribution in [0.15, 0.2) is 34.1 Å². The number of anilines is 1. The maximum absolute atomic E-state index is 12.2. The van der Waals surface area contributed by atoms with Crippen LogP contribution >= 0.6 is 38.6 Å². The van der Waals surface area contributed by atoms with Gasteiger partial charge in [0.2, 0.25) is 11.0 Å². The molecule has 1 aromatic carbocycles. The number of amides is 1. The maximum atomic E-state index is 12.2. The number of hydrogen-bond donors (Lipinski definition) is 1. The SMILES string of the molecule is CCCCCc1nnc(NC(=O)Cc2csc(-c3cccc(Br)c3)n2)s1. The van der Waals surface area contributed by atoms with Crippen LogP contribution in [-0.2, 0) is 17.6 Å². The van der Waals surface area contributed by atoms with Gasteiger partial charge in [0.15, 0.2) is 0 Å². The number of unbranched alkanes of at least 4 members (excludes halogenated alkanes) is 2. The molecule has 8 heteroatoms. The molecule has 3 aromatic rings. The lowest BCUT2D eigenvalue weighted by Gasteiger charge is -1.99. The molecule has 1 N–H and O–H groups in total. The fraction of sp³-hybridized carbons (Fsp3) is 0.333. The van der Waals surface area contributed by atoms with E-state index in [4.69, 9.17) is 0 Å². The Morgan fingerprint density at radius 3 is 2.96 bits per heavy atom. The molecule has 0 saturated carbocycles. The fourth-order valence-corrected chi connectivity index (χ4v) is 4.42. The summed E-state index contributed by atoms with van der Waals surface area (Å²) in [6, 6.07) is 7.98. The molecule has 2 heterocycles. The Morgan fingerprint density at radius 1 is 1.27 bits per heavy atom. The second-order valence-electron chi connectivity index (χ2n) is 5.84.